The molecule has 0 spiro atoms. The van der Waals surface area contributed by atoms with Crippen molar-refractivity contribution in [2.75, 3.05) is 13.2 Å². The molecular formula is C28H29N3O5S2. The van der Waals surface area contributed by atoms with E-state index in [9.17, 15) is 18.0 Å². The number of esters is 1. The molecule has 0 bridgehead atoms. The summed E-state index contributed by atoms with van der Waals surface area (Å²) in [4.78, 5) is 30.0. The minimum Gasteiger partial charge on any atom is -0.465 e. The maximum atomic E-state index is 13.2. The first-order valence-electron chi connectivity index (χ1n) is 12.2. The number of carbonyl (C=O) groups excluding carboxylic acids is 2. The molecule has 8 nitrogen and oxygen atoms in total. The maximum absolute atomic E-state index is 13.2. The highest BCUT2D eigenvalue weighted by atomic mass is 32.2. The van der Waals surface area contributed by atoms with E-state index in [1.807, 2.05) is 55.5 Å². The van der Waals surface area contributed by atoms with Gasteiger partial charge in [-0.1, -0.05) is 54.7 Å². The standard InChI is InChI=1S/C28H29N3O5S2/c1-4-30(18-21-9-7-6-8-10-21)38(34,35)23-14-12-22(13-15-23)27(33)29-28-31(19-26(32)36-5-2)24-16-11-20(3)17-25(24)37-28/h6-17H,4-5,18-19H2,1-3H3. The molecule has 4 aromatic rings. The summed E-state index contributed by atoms with van der Waals surface area (Å²) in [5, 5.41) is 0. The van der Waals surface area contributed by atoms with Crippen molar-refractivity contribution in [1.82, 2.24) is 8.87 Å². The van der Waals surface area contributed by atoms with Crippen LogP contribution in [0.5, 0.6) is 0 Å². The van der Waals surface area contributed by atoms with Gasteiger partial charge in [0.1, 0.15) is 6.54 Å². The van der Waals surface area contributed by atoms with Gasteiger partial charge in [-0.05, 0) is 61.4 Å². The number of hydrogen-bond donors (Lipinski definition) is 0. The second kappa shape index (κ2) is 11.8. The van der Waals surface area contributed by atoms with E-state index >= 15 is 0 Å². The highest BCUT2D eigenvalue weighted by Crippen LogP contribution is 2.21. The third-order valence-corrected chi connectivity index (χ3v) is 8.90. The number of sulfonamides is 1. The van der Waals surface area contributed by atoms with Gasteiger partial charge in [0.05, 0.1) is 21.7 Å². The minimum atomic E-state index is -3.76. The van der Waals surface area contributed by atoms with Crippen LogP contribution in [-0.2, 0) is 32.6 Å². The number of ether oxygens (including phenoxy) is 1. The highest BCUT2D eigenvalue weighted by molar-refractivity contribution is 7.89. The quantitative estimate of drug-likeness (QED) is 0.285. The van der Waals surface area contributed by atoms with Crippen molar-refractivity contribution in [3.63, 3.8) is 0 Å². The number of amides is 1. The normalized spacial score (nSPS) is 12.3. The van der Waals surface area contributed by atoms with E-state index in [1.165, 1.54) is 39.9 Å². The molecule has 0 aliphatic rings. The smallest absolute Gasteiger partial charge is 0.326 e. The van der Waals surface area contributed by atoms with E-state index in [4.69, 9.17) is 4.74 Å². The summed E-state index contributed by atoms with van der Waals surface area (Å²) >= 11 is 1.30. The van der Waals surface area contributed by atoms with Gasteiger partial charge in [0.2, 0.25) is 10.0 Å². The summed E-state index contributed by atoms with van der Waals surface area (Å²) in [7, 11) is -3.76. The SMILES string of the molecule is CCOC(=O)Cn1c(=NC(=O)c2ccc(S(=O)(=O)N(CC)Cc3ccccc3)cc2)sc2cc(C)ccc21. The minimum absolute atomic E-state index is 0.0749. The lowest BCUT2D eigenvalue weighted by atomic mass is 10.2. The van der Waals surface area contributed by atoms with Crippen molar-refractivity contribution in [2.45, 2.75) is 38.8 Å². The topological polar surface area (TPSA) is 98.0 Å². The van der Waals surface area contributed by atoms with Gasteiger partial charge >= 0.3 is 5.97 Å². The van der Waals surface area contributed by atoms with Crippen molar-refractivity contribution in [3.8, 4) is 0 Å². The Morgan fingerprint density at radius 3 is 2.37 bits per heavy atom. The van der Waals surface area contributed by atoms with Gasteiger partial charge in [-0.25, -0.2) is 8.42 Å². The molecule has 0 saturated heterocycles. The van der Waals surface area contributed by atoms with E-state index in [0.29, 0.717) is 11.3 Å². The van der Waals surface area contributed by atoms with Gasteiger partial charge in [0.25, 0.3) is 5.91 Å². The van der Waals surface area contributed by atoms with E-state index in [1.54, 1.807) is 18.4 Å². The van der Waals surface area contributed by atoms with E-state index < -0.39 is 21.9 Å². The Labute approximate surface area is 225 Å². The van der Waals surface area contributed by atoms with E-state index in [2.05, 4.69) is 4.99 Å². The fraction of sp³-hybridized carbons (Fsp3) is 0.250. The predicted molar refractivity (Wildman–Crippen MR) is 147 cm³/mol. The fourth-order valence-electron chi connectivity index (χ4n) is 3.98. The van der Waals surface area contributed by atoms with Gasteiger partial charge in [-0.15, -0.1) is 0 Å². The van der Waals surface area contributed by atoms with Gasteiger partial charge in [-0.2, -0.15) is 9.30 Å². The Kier molecular flexibility index (Phi) is 8.55. The second-order valence-corrected chi connectivity index (χ2v) is 11.6. The Hall–Kier alpha value is -3.60. The molecule has 0 aliphatic carbocycles. The summed E-state index contributed by atoms with van der Waals surface area (Å²) in [6.45, 7) is 6.22. The highest BCUT2D eigenvalue weighted by Gasteiger charge is 2.23. The van der Waals surface area contributed by atoms with Crippen molar-refractivity contribution in [3.05, 3.63) is 94.3 Å². The number of fused-ring (bicyclic) bond motifs is 1. The molecule has 0 aliphatic heterocycles. The molecule has 0 fully saturated rings. The third-order valence-electron chi connectivity index (χ3n) is 5.92. The fourth-order valence-corrected chi connectivity index (χ4v) is 6.54. The molecular weight excluding hydrogens is 522 g/mol. The predicted octanol–water partition coefficient (Wildman–Crippen LogP) is 4.53. The summed E-state index contributed by atoms with van der Waals surface area (Å²) in [6.07, 6.45) is 0. The van der Waals surface area contributed by atoms with E-state index in [0.717, 1.165) is 21.3 Å². The molecule has 198 valence electrons. The summed E-state index contributed by atoms with van der Waals surface area (Å²) in [5.74, 6) is -0.960. The van der Waals surface area contributed by atoms with Crippen LogP contribution in [0.3, 0.4) is 0 Å². The number of carbonyl (C=O) groups is 2. The first kappa shape index (κ1) is 27.4. The van der Waals surface area contributed by atoms with Crippen LogP contribution in [0.15, 0.2) is 82.7 Å². The Balaban J connectivity index is 1.63. The number of rotatable bonds is 9. The Bertz CT molecular complexity index is 1620. The van der Waals surface area contributed by atoms with Crippen LogP contribution in [0.4, 0.5) is 0 Å². The molecule has 0 radical (unpaired) electrons. The van der Waals surface area contributed by atoms with Gasteiger partial charge in [0, 0.05) is 18.7 Å². The number of aromatic nitrogens is 1. The number of aryl methyl sites for hydroxylation is 1. The van der Waals surface area contributed by atoms with Crippen molar-refractivity contribution >= 4 is 43.5 Å². The molecule has 0 unspecified atom stereocenters. The molecule has 0 saturated carbocycles. The Morgan fingerprint density at radius 2 is 1.71 bits per heavy atom. The molecule has 1 amide bonds. The summed E-state index contributed by atoms with van der Waals surface area (Å²) in [5.41, 5.74) is 2.95. The first-order chi connectivity index (χ1) is 18.2. The van der Waals surface area contributed by atoms with Gasteiger partial charge in [-0.3, -0.25) is 9.59 Å². The van der Waals surface area contributed by atoms with Crippen LogP contribution < -0.4 is 4.80 Å². The number of benzene rings is 3. The third kappa shape index (κ3) is 6.09. The maximum Gasteiger partial charge on any atom is 0.326 e. The lowest BCUT2D eigenvalue weighted by Crippen LogP contribution is -2.30. The zero-order valence-corrected chi connectivity index (χ0v) is 23.1. The van der Waals surface area contributed by atoms with Crippen molar-refractivity contribution in [1.29, 1.82) is 0 Å². The number of hydrogen-bond acceptors (Lipinski definition) is 6. The lowest BCUT2D eigenvalue weighted by Gasteiger charge is -2.20. The molecule has 38 heavy (non-hydrogen) atoms. The van der Waals surface area contributed by atoms with Crippen LogP contribution in [0.1, 0.15) is 35.3 Å². The largest absolute Gasteiger partial charge is 0.465 e. The van der Waals surface area contributed by atoms with Gasteiger partial charge < -0.3 is 9.30 Å². The molecule has 3 aromatic carbocycles. The molecule has 0 N–H and O–H groups in total. The molecule has 4 rings (SSSR count). The number of thiazole rings is 1. The van der Waals surface area contributed by atoms with Gasteiger partial charge in [0.15, 0.2) is 4.80 Å². The molecule has 1 aromatic heterocycles. The average molecular weight is 552 g/mol. The molecule has 10 heteroatoms. The lowest BCUT2D eigenvalue weighted by molar-refractivity contribution is -0.143. The van der Waals surface area contributed by atoms with Crippen molar-refractivity contribution in [2.24, 2.45) is 4.99 Å². The Morgan fingerprint density at radius 1 is 1.00 bits per heavy atom. The van der Waals surface area contributed by atoms with Crippen LogP contribution >= 0.6 is 11.3 Å². The van der Waals surface area contributed by atoms with Crippen LogP contribution in [0.2, 0.25) is 0 Å². The van der Waals surface area contributed by atoms with Crippen molar-refractivity contribution < 1.29 is 22.7 Å². The monoisotopic (exact) mass is 551 g/mol. The first-order valence-corrected chi connectivity index (χ1v) is 14.5. The molecule has 1 heterocycles. The van der Waals surface area contributed by atoms with Crippen LogP contribution in [0.25, 0.3) is 10.2 Å². The zero-order valence-electron chi connectivity index (χ0n) is 21.5. The van der Waals surface area contributed by atoms with E-state index in [-0.39, 0.29) is 30.2 Å². The average Bonchev–Trinajstić information content (AvgIpc) is 3.23. The summed E-state index contributed by atoms with van der Waals surface area (Å²) < 4.78 is 35.5. The number of nitrogens with zero attached hydrogens (tertiary/aromatic N) is 3. The zero-order chi connectivity index (χ0) is 27.3. The molecule has 0 atom stereocenters. The second-order valence-electron chi connectivity index (χ2n) is 8.61. The summed E-state index contributed by atoms with van der Waals surface area (Å²) in [6, 6.07) is 20.9. The van der Waals surface area contributed by atoms with Crippen LogP contribution in [-0.4, -0.2) is 42.3 Å². The van der Waals surface area contributed by atoms with Crippen LogP contribution in [0, 0.1) is 6.92 Å².